The number of aliphatic hydroxyl groups excluding tert-OH is 1. The molecule has 0 bridgehead atoms. The minimum atomic E-state index is -1.46. The van der Waals surface area contributed by atoms with Crippen LogP contribution in [0.25, 0.3) is 11.1 Å². The highest BCUT2D eigenvalue weighted by Gasteiger charge is 2.43. The first kappa shape index (κ1) is 39.4. The van der Waals surface area contributed by atoms with Crippen LogP contribution in [-0.2, 0) is 24.0 Å². The van der Waals surface area contributed by atoms with Crippen LogP contribution in [0.3, 0.4) is 0 Å². The Morgan fingerprint density at radius 1 is 0.870 bits per heavy atom. The molecule has 14 heteroatoms. The van der Waals surface area contributed by atoms with Crippen LogP contribution in [-0.4, -0.2) is 95.9 Å². The fourth-order valence-corrected chi connectivity index (χ4v) is 6.82. The van der Waals surface area contributed by atoms with Gasteiger partial charge < -0.3 is 41.3 Å². The molecule has 2 heterocycles. The Bertz CT molecular complexity index is 1850. The minimum absolute atomic E-state index is 0.00534. The number of rotatable bonds is 8. The van der Waals surface area contributed by atoms with Gasteiger partial charge in [-0.25, -0.2) is 0 Å². The van der Waals surface area contributed by atoms with E-state index < -0.39 is 78.3 Å². The van der Waals surface area contributed by atoms with Gasteiger partial charge in [-0.15, -0.1) is 0 Å². The Morgan fingerprint density at radius 2 is 1.59 bits per heavy atom. The van der Waals surface area contributed by atoms with Crippen molar-refractivity contribution < 1.29 is 38.6 Å². The van der Waals surface area contributed by atoms with E-state index in [0.29, 0.717) is 16.9 Å². The Hall–Kier alpha value is -5.76. The standard InChI is InChI=1S/C40H48N6O8/c1-23(2)17-31-38(51)45-32(22-47)40(53)46-21-28(42-37(50)27-14-10-13-26(18-27)29-15-8-9-16-34(29)54-4)19-33(46)39(52)41-24(3)36(49)44-30(20-35(48)43-31)25-11-6-5-7-12-25/h5-16,18,23-24,28,30-33,47H,17,19-22H2,1-4H3,(H,41,52)(H,42,50)(H,43,48)(H,44,49)(H,45,51)/t24-,28-,30-,31-,32-,33-/m0/s1. The zero-order valence-electron chi connectivity index (χ0n) is 30.8. The van der Waals surface area contributed by atoms with Crippen LogP contribution in [0.1, 0.15) is 62.0 Å². The normalized spacial score (nSPS) is 24.2. The second-order valence-electron chi connectivity index (χ2n) is 14.1. The lowest BCUT2D eigenvalue weighted by Gasteiger charge is -2.30. The number of nitrogens with one attached hydrogen (secondary N) is 5. The Balaban J connectivity index is 1.42. The lowest BCUT2D eigenvalue weighted by atomic mass is 10.00. The number of benzene rings is 3. The highest BCUT2D eigenvalue weighted by molar-refractivity contribution is 5.98. The number of ether oxygens (including phenoxy) is 1. The van der Waals surface area contributed by atoms with Gasteiger partial charge in [0.1, 0.15) is 29.9 Å². The van der Waals surface area contributed by atoms with E-state index in [1.165, 1.54) is 11.8 Å². The van der Waals surface area contributed by atoms with E-state index in [0.717, 1.165) is 11.1 Å². The van der Waals surface area contributed by atoms with E-state index in [2.05, 4.69) is 26.6 Å². The number of hydrogen-bond donors (Lipinski definition) is 6. The van der Waals surface area contributed by atoms with Crippen molar-refractivity contribution in [3.05, 3.63) is 90.0 Å². The fraction of sp³-hybridized carbons (Fsp3) is 0.400. The molecule has 6 atom stereocenters. The molecule has 3 aromatic carbocycles. The summed E-state index contributed by atoms with van der Waals surface area (Å²) in [5.74, 6) is -3.05. The first-order valence-corrected chi connectivity index (χ1v) is 18.1. The van der Waals surface area contributed by atoms with Crippen LogP contribution in [0, 0.1) is 5.92 Å². The number of carbonyl (C=O) groups is 6. The van der Waals surface area contributed by atoms with Gasteiger partial charge in [-0.2, -0.15) is 0 Å². The van der Waals surface area contributed by atoms with Gasteiger partial charge in [0.25, 0.3) is 5.91 Å². The van der Waals surface area contributed by atoms with Crippen molar-refractivity contribution in [1.82, 2.24) is 31.5 Å². The number of hydrogen-bond acceptors (Lipinski definition) is 8. The van der Waals surface area contributed by atoms with Crippen molar-refractivity contribution in [2.75, 3.05) is 20.3 Å². The Labute approximate surface area is 314 Å². The summed E-state index contributed by atoms with van der Waals surface area (Å²) in [7, 11) is 1.56. The van der Waals surface area contributed by atoms with Gasteiger partial charge >= 0.3 is 0 Å². The molecule has 6 amide bonds. The second kappa shape index (κ2) is 17.8. The molecule has 5 rings (SSSR count). The minimum Gasteiger partial charge on any atom is -0.496 e. The van der Waals surface area contributed by atoms with E-state index >= 15 is 0 Å². The van der Waals surface area contributed by atoms with E-state index in [-0.39, 0.29) is 31.7 Å². The predicted molar refractivity (Wildman–Crippen MR) is 200 cm³/mol. The van der Waals surface area contributed by atoms with Crippen molar-refractivity contribution >= 4 is 35.4 Å². The van der Waals surface area contributed by atoms with Gasteiger partial charge in [0.15, 0.2) is 0 Å². The summed E-state index contributed by atoms with van der Waals surface area (Å²) >= 11 is 0. The highest BCUT2D eigenvalue weighted by atomic mass is 16.5. The monoisotopic (exact) mass is 740 g/mol. The van der Waals surface area contributed by atoms with Gasteiger partial charge in [0.2, 0.25) is 29.5 Å². The van der Waals surface area contributed by atoms with Gasteiger partial charge in [-0.05, 0) is 55.0 Å². The SMILES string of the molecule is COc1ccccc1-c1cccc(C(=O)N[C@H]2C[C@H]3C(=O)N[C@@H](C)C(=O)N[C@H](c4ccccc4)CC(=O)N[C@@H](CC(C)C)C(=O)N[C@@H](CO)C(=O)N3C2)c1. The first-order chi connectivity index (χ1) is 25.9. The van der Waals surface area contributed by atoms with Crippen molar-refractivity contribution in [3.8, 4) is 16.9 Å². The third kappa shape index (κ3) is 9.61. The molecule has 0 radical (unpaired) electrons. The number of fused-ring (bicyclic) bond motifs is 1. The average Bonchev–Trinajstić information content (AvgIpc) is 3.59. The first-order valence-electron chi connectivity index (χ1n) is 18.1. The average molecular weight is 741 g/mol. The number of carbonyl (C=O) groups excluding carboxylic acids is 6. The Morgan fingerprint density at radius 3 is 2.30 bits per heavy atom. The molecule has 0 aliphatic carbocycles. The van der Waals surface area contributed by atoms with Crippen LogP contribution < -0.4 is 31.3 Å². The Kier molecular flexibility index (Phi) is 13.0. The van der Waals surface area contributed by atoms with Crippen LogP contribution in [0.2, 0.25) is 0 Å². The molecule has 0 spiro atoms. The topological polar surface area (TPSA) is 195 Å². The van der Waals surface area contributed by atoms with E-state index in [1.54, 1.807) is 55.6 Å². The summed E-state index contributed by atoms with van der Waals surface area (Å²) in [6.07, 6.45) is 0.0132. The van der Waals surface area contributed by atoms with Crippen molar-refractivity contribution in [1.29, 1.82) is 0 Å². The quantitative estimate of drug-likeness (QED) is 0.201. The highest BCUT2D eigenvalue weighted by Crippen LogP contribution is 2.30. The predicted octanol–water partition coefficient (Wildman–Crippen LogP) is 1.84. The van der Waals surface area contributed by atoms with E-state index in [9.17, 15) is 33.9 Å². The zero-order chi connectivity index (χ0) is 38.9. The molecule has 0 aromatic heterocycles. The third-order valence-electron chi connectivity index (χ3n) is 9.58. The molecule has 0 saturated carbocycles. The van der Waals surface area contributed by atoms with E-state index in [4.69, 9.17) is 4.74 Å². The van der Waals surface area contributed by atoms with Crippen LogP contribution in [0.4, 0.5) is 0 Å². The summed E-state index contributed by atoms with van der Waals surface area (Å²) in [5, 5.41) is 24.1. The second-order valence-corrected chi connectivity index (χ2v) is 14.1. The molecule has 2 aliphatic heterocycles. The van der Waals surface area contributed by atoms with Crippen molar-refractivity contribution in [2.45, 2.75) is 76.3 Å². The molecule has 54 heavy (non-hydrogen) atoms. The summed E-state index contributed by atoms with van der Waals surface area (Å²) in [6.45, 7) is 4.32. The fourth-order valence-electron chi connectivity index (χ4n) is 6.82. The summed E-state index contributed by atoms with van der Waals surface area (Å²) < 4.78 is 5.49. The molecule has 2 aliphatic rings. The number of nitrogens with zero attached hydrogens (tertiary/aromatic N) is 1. The number of para-hydroxylation sites is 1. The molecule has 6 N–H and O–H groups in total. The van der Waals surface area contributed by atoms with Gasteiger partial charge in [-0.3, -0.25) is 28.8 Å². The van der Waals surface area contributed by atoms with Crippen molar-refractivity contribution in [2.24, 2.45) is 5.92 Å². The zero-order valence-corrected chi connectivity index (χ0v) is 30.8. The van der Waals surface area contributed by atoms with Crippen molar-refractivity contribution in [3.63, 3.8) is 0 Å². The molecular weight excluding hydrogens is 692 g/mol. The summed E-state index contributed by atoms with van der Waals surface area (Å²) in [5.41, 5.74) is 2.52. The van der Waals surface area contributed by atoms with Crippen LogP contribution in [0.15, 0.2) is 78.9 Å². The number of amides is 6. The third-order valence-corrected chi connectivity index (χ3v) is 9.58. The largest absolute Gasteiger partial charge is 0.496 e. The maximum Gasteiger partial charge on any atom is 0.251 e. The summed E-state index contributed by atoms with van der Waals surface area (Å²) in [6, 6.07) is 17.0. The molecule has 2 fully saturated rings. The molecule has 2 saturated heterocycles. The summed E-state index contributed by atoms with van der Waals surface area (Å²) in [4.78, 5) is 83.2. The van der Waals surface area contributed by atoms with E-state index in [1.807, 2.05) is 44.2 Å². The molecule has 14 nitrogen and oxygen atoms in total. The molecule has 3 aromatic rings. The number of methoxy groups -OCH3 is 1. The molecule has 0 unspecified atom stereocenters. The molecular formula is C40H48N6O8. The van der Waals surface area contributed by atoms with Crippen LogP contribution in [0.5, 0.6) is 5.75 Å². The van der Waals surface area contributed by atoms with Crippen LogP contribution >= 0.6 is 0 Å². The lowest BCUT2D eigenvalue weighted by Crippen LogP contribution is -2.59. The van der Waals surface area contributed by atoms with Gasteiger partial charge in [-0.1, -0.05) is 74.5 Å². The van der Waals surface area contributed by atoms with Gasteiger partial charge in [0, 0.05) is 23.7 Å². The maximum atomic E-state index is 14.0. The van der Waals surface area contributed by atoms with Gasteiger partial charge in [0.05, 0.1) is 26.2 Å². The smallest absolute Gasteiger partial charge is 0.251 e. The maximum absolute atomic E-state index is 14.0. The molecule has 286 valence electrons. The number of aliphatic hydroxyl groups is 1. The lowest BCUT2D eigenvalue weighted by molar-refractivity contribution is -0.143.